The molecule has 1 saturated heterocycles. The maximum Gasteiger partial charge on any atom is 0.224 e. The van der Waals surface area contributed by atoms with Crippen molar-refractivity contribution in [2.45, 2.75) is 6.42 Å². The standard InChI is InChI=1S/C11H11BrF2N2O/c12-7-2-9(14)10(3-8(7)13)16-11(17)1-6-4-15-5-6/h2-3,6,15H,1,4-5H2,(H,16,17). The smallest absolute Gasteiger partial charge is 0.224 e. The summed E-state index contributed by atoms with van der Waals surface area (Å²) >= 11 is 2.87. The van der Waals surface area contributed by atoms with Crippen molar-refractivity contribution in [3.05, 3.63) is 28.2 Å². The Morgan fingerprint density at radius 2 is 2.12 bits per heavy atom. The van der Waals surface area contributed by atoms with Gasteiger partial charge in [0.1, 0.15) is 11.6 Å². The van der Waals surface area contributed by atoms with Crippen LogP contribution in [-0.2, 0) is 4.79 Å². The first kappa shape index (κ1) is 12.4. The molecule has 0 spiro atoms. The van der Waals surface area contributed by atoms with Crippen LogP contribution in [0.4, 0.5) is 14.5 Å². The second-order valence-electron chi connectivity index (χ2n) is 4.02. The van der Waals surface area contributed by atoms with Crippen molar-refractivity contribution in [2.75, 3.05) is 18.4 Å². The van der Waals surface area contributed by atoms with Gasteiger partial charge in [0.2, 0.25) is 5.91 Å². The number of hydrogen-bond donors (Lipinski definition) is 2. The fraction of sp³-hybridized carbons (Fsp3) is 0.364. The Balaban J connectivity index is 2.02. The molecule has 2 N–H and O–H groups in total. The molecule has 0 aliphatic carbocycles. The summed E-state index contributed by atoms with van der Waals surface area (Å²) < 4.78 is 26.6. The van der Waals surface area contributed by atoms with E-state index in [1.165, 1.54) is 0 Å². The van der Waals surface area contributed by atoms with Gasteiger partial charge >= 0.3 is 0 Å². The van der Waals surface area contributed by atoms with E-state index >= 15 is 0 Å². The minimum Gasteiger partial charge on any atom is -0.324 e. The lowest BCUT2D eigenvalue weighted by Crippen LogP contribution is -2.43. The van der Waals surface area contributed by atoms with Gasteiger partial charge in [0.25, 0.3) is 0 Å². The number of carbonyl (C=O) groups excluding carboxylic acids is 1. The Labute approximate surface area is 106 Å². The highest BCUT2D eigenvalue weighted by atomic mass is 79.9. The monoisotopic (exact) mass is 304 g/mol. The Bertz CT molecular complexity index is 449. The van der Waals surface area contributed by atoms with Gasteiger partial charge in [-0.15, -0.1) is 0 Å². The Morgan fingerprint density at radius 3 is 2.71 bits per heavy atom. The summed E-state index contributed by atoms with van der Waals surface area (Å²) in [6, 6.07) is 1.96. The summed E-state index contributed by atoms with van der Waals surface area (Å²) in [6.07, 6.45) is 0.324. The van der Waals surface area contributed by atoms with E-state index in [9.17, 15) is 13.6 Å². The molecular formula is C11H11BrF2N2O. The van der Waals surface area contributed by atoms with Crippen molar-refractivity contribution in [3.8, 4) is 0 Å². The highest BCUT2D eigenvalue weighted by Crippen LogP contribution is 2.23. The summed E-state index contributed by atoms with van der Waals surface area (Å²) in [5.74, 6) is -1.26. The molecule has 1 aromatic rings. The number of rotatable bonds is 3. The van der Waals surface area contributed by atoms with Crippen LogP contribution in [0.5, 0.6) is 0 Å². The molecule has 17 heavy (non-hydrogen) atoms. The van der Waals surface area contributed by atoms with Gasteiger partial charge in [0.15, 0.2) is 0 Å². The minimum absolute atomic E-state index is 0.0381. The van der Waals surface area contributed by atoms with Crippen LogP contribution in [0, 0.1) is 17.6 Å². The molecule has 0 radical (unpaired) electrons. The average Bonchev–Trinajstić information content (AvgIpc) is 2.20. The second-order valence-corrected chi connectivity index (χ2v) is 4.88. The summed E-state index contributed by atoms with van der Waals surface area (Å²) in [7, 11) is 0. The fourth-order valence-corrected chi connectivity index (χ4v) is 1.89. The highest BCUT2D eigenvalue weighted by Gasteiger charge is 2.21. The van der Waals surface area contributed by atoms with Gasteiger partial charge in [-0.2, -0.15) is 0 Å². The molecule has 1 heterocycles. The van der Waals surface area contributed by atoms with Crippen LogP contribution < -0.4 is 10.6 Å². The lowest BCUT2D eigenvalue weighted by molar-refractivity contribution is -0.117. The minimum atomic E-state index is -0.654. The first-order valence-corrected chi connectivity index (χ1v) is 6.00. The molecule has 1 aliphatic rings. The molecule has 0 bridgehead atoms. The third kappa shape index (κ3) is 3.01. The van der Waals surface area contributed by atoms with Gasteiger partial charge in [-0.25, -0.2) is 8.78 Å². The van der Waals surface area contributed by atoms with Crippen LogP contribution in [0.2, 0.25) is 0 Å². The van der Waals surface area contributed by atoms with E-state index in [1.807, 2.05) is 0 Å². The van der Waals surface area contributed by atoms with Crippen LogP contribution in [0.25, 0.3) is 0 Å². The zero-order valence-corrected chi connectivity index (χ0v) is 10.5. The number of amides is 1. The largest absolute Gasteiger partial charge is 0.324 e. The number of halogens is 3. The second kappa shape index (κ2) is 5.10. The fourth-order valence-electron chi connectivity index (χ4n) is 1.57. The first-order valence-electron chi connectivity index (χ1n) is 5.21. The molecule has 2 rings (SSSR count). The quantitative estimate of drug-likeness (QED) is 0.841. The summed E-state index contributed by atoms with van der Waals surface area (Å²) in [5.41, 5.74) is -0.122. The molecule has 3 nitrogen and oxygen atoms in total. The zero-order valence-electron chi connectivity index (χ0n) is 8.90. The van der Waals surface area contributed by atoms with Gasteiger partial charge < -0.3 is 10.6 Å². The van der Waals surface area contributed by atoms with Gasteiger partial charge in [-0.05, 0) is 41.0 Å². The molecular weight excluding hydrogens is 294 g/mol. The van der Waals surface area contributed by atoms with E-state index in [0.717, 1.165) is 25.2 Å². The van der Waals surface area contributed by atoms with Gasteiger partial charge in [0, 0.05) is 12.5 Å². The summed E-state index contributed by atoms with van der Waals surface area (Å²) in [6.45, 7) is 1.59. The number of benzene rings is 1. The van der Waals surface area contributed by atoms with Gasteiger partial charge in [-0.1, -0.05) is 0 Å². The first-order chi connectivity index (χ1) is 8.06. The molecule has 1 fully saturated rings. The lowest BCUT2D eigenvalue weighted by atomic mass is 9.99. The number of hydrogen-bond acceptors (Lipinski definition) is 2. The molecule has 1 aromatic carbocycles. The van der Waals surface area contributed by atoms with Crippen molar-refractivity contribution < 1.29 is 13.6 Å². The van der Waals surface area contributed by atoms with Crippen LogP contribution in [0.15, 0.2) is 16.6 Å². The van der Waals surface area contributed by atoms with E-state index in [-0.39, 0.29) is 16.1 Å². The van der Waals surface area contributed by atoms with Crippen LogP contribution >= 0.6 is 15.9 Å². The molecule has 0 aromatic heterocycles. The third-order valence-electron chi connectivity index (χ3n) is 2.62. The van der Waals surface area contributed by atoms with Crippen molar-refractivity contribution in [1.29, 1.82) is 0 Å². The summed E-state index contributed by atoms with van der Waals surface area (Å²) in [4.78, 5) is 11.5. The van der Waals surface area contributed by atoms with Gasteiger partial charge in [-0.3, -0.25) is 4.79 Å². The predicted molar refractivity (Wildman–Crippen MR) is 63.7 cm³/mol. The molecule has 0 saturated carbocycles. The Hall–Kier alpha value is -1.01. The molecule has 0 atom stereocenters. The maximum absolute atomic E-state index is 13.4. The zero-order chi connectivity index (χ0) is 12.4. The molecule has 1 aliphatic heterocycles. The predicted octanol–water partition coefficient (Wildman–Crippen LogP) is 2.28. The van der Waals surface area contributed by atoms with Crippen molar-refractivity contribution >= 4 is 27.5 Å². The molecule has 92 valence electrons. The average molecular weight is 305 g/mol. The maximum atomic E-state index is 13.4. The van der Waals surface area contributed by atoms with E-state index < -0.39 is 11.6 Å². The number of anilines is 1. The van der Waals surface area contributed by atoms with E-state index in [4.69, 9.17) is 0 Å². The number of carbonyl (C=O) groups is 1. The van der Waals surface area contributed by atoms with Crippen molar-refractivity contribution in [3.63, 3.8) is 0 Å². The third-order valence-corrected chi connectivity index (χ3v) is 3.23. The Kier molecular flexibility index (Phi) is 3.73. The van der Waals surface area contributed by atoms with E-state index in [2.05, 4.69) is 26.6 Å². The number of nitrogens with one attached hydrogen (secondary N) is 2. The van der Waals surface area contributed by atoms with Crippen LogP contribution in [-0.4, -0.2) is 19.0 Å². The van der Waals surface area contributed by atoms with Crippen molar-refractivity contribution in [2.24, 2.45) is 5.92 Å². The Morgan fingerprint density at radius 1 is 1.41 bits per heavy atom. The highest BCUT2D eigenvalue weighted by molar-refractivity contribution is 9.10. The SMILES string of the molecule is O=C(CC1CNC1)Nc1cc(F)c(Br)cc1F. The molecule has 0 unspecified atom stereocenters. The molecule has 1 amide bonds. The van der Waals surface area contributed by atoms with Crippen LogP contribution in [0.3, 0.4) is 0 Å². The van der Waals surface area contributed by atoms with Crippen molar-refractivity contribution in [1.82, 2.24) is 5.32 Å². The van der Waals surface area contributed by atoms with E-state index in [1.54, 1.807) is 0 Å². The van der Waals surface area contributed by atoms with Gasteiger partial charge in [0.05, 0.1) is 10.2 Å². The van der Waals surface area contributed by atoms with Crippen LogP contribution in [0.1, 0.15) is 6.42 Å². The summed E-state index contributed by atoms with van der Waals surface area (Å²) in [5, 5.41) is 5.41. The van der Waals surface area contributed by atoms with E-state index in [0.29, 0.717) is 12.3 Å². The lowest BCUT2D eigenvalue weighted by Gasteiger charge is -2.26. The molecule has 6 heteroatoms. The normalized spacial score (nSPS) is 15.5. The topological polar surface area (TPSA) is 41.1 Å².